The first kappa shape index (κ1) is 13.1. The molecule has 6 heteroatoms. The molecule has 1 unspecified atom stereocenters. The van der Waals surface area contributed by atoms with Crippen molar-refractivity contribution in [1.29, 1.82) is 0 Å². The van der Waals surface area contributed by atoms with Crippen molar-refractivity contribution in [1.82, 2.24) is 4.98 Å². The lowest BCUT2D eigenvalue weighted by Gasteiger charge is -2.15. The van der Waals surface area contributed by atoms with Crippen LogP contribution in [0.3, 0.4) is 0 Å². The SMILES string of the molecule is CC(Nc1ccc(Br)c(Cl)c1Cl)c1nccs1. The largest absolute Gasteiger partial charge is 0.375 e. The van der Waals surface area contributed by atoms with Crippen LogP contribution in [-0.4, -0.2) is 4.98 Å². The third-order valence-electron chi connectivity index (χ3n) is 2.23. The molecule has 2 aromatic rings. The van der Waals surface area contributed by atoms with Gasteiger partial charge in [-0.05, 0) is 35.0 Å². The van der Waals surface area contributed by atoms with Gasteiger partial charge in [0.2, 0.25) is 0 Å². The molecule has 0 fully saturated rings. The van der Waals surface area contributed by atoms with Crippen LogP contribution in [0.25, 0.3) is 0 Å². The molecule has 0 spiro atoms. The van der Waals surface area contributed by atoms with E-state index in [1.54, 1.807) is 17.5 Å². The minimum atomic E-state index is 0.102. The van der Waals surface area contributed by atoms with E-state index in [4.69, 9.17) is 23.2 Å². The number of thiazole rings is 1. The first-order valence-corrected chi connectivity index (χ1v) is 7.32. The summed E-state index contributed by atoms with van der Waals surface area (Å²) in [6, 6.07) is 3.86. The van der Waals surface area contributed by atoms with Crippen LogP contribution in [0.4, 0.5) is 5.69 Å². The van der Waals surface area contributed by atoms with E-state index in [1.807, 2.05) is 24.4 Å². The first-order chi connectivity index (χ1) is 8.09. The van der Waals surface area contributed by atoms with Crippen LogP contribution in [0.2, 0.25) is 10.0 Å². The van der Waals surface area contributed by atoms with Gasteiger partial charge >= 0.3 is 0 Å². The van der Waals surface area contributed by atoms with Crippen LogP contribution in [0, 0.1) is 0 Å². The van der Waals surface area contributed by atoms with Gasteiger partial charge in [-0.1, -0.05) is 23.2 Å². The van der Waals surface area contributed by atoms with Crippen molar-refractivity contribution < 1.29 is 0 Å². The number of nitrogens with one attached hydrogen (secondary N) is 1. The van der Waals surface area contributed by atoms with Crippen molar-refractivity contribution in [3.05, 3.63) is 43.2 Å². The van der Waals surface area contributed by atoms with E-state index in [0.29, 0.717) is 10.0 Å². The van der Waals surface area contributed by atoms with Crippen molar-refractivity contribution in [3.8, 4) is 0 Å². The van der Waals surface area contributed by atoms with Gasteiger partial charge in [0.1, 0.15) is 5.01 Å². The van der Waals surface area contributed by atoms with Crippen LogP contribution >= 0.6 is 50.5 Å². The molecule has 2 nitrogen and oxygen atoms in total. The molecule has 90 valence electrons. The normalized spacial score (nSPS) is 12.5. The average molecular weight is 352 g/mol. The molecule has 2 rings (SSSR count). The second kappa shape index (κ2) is 5.57. The highest BCUT2D eigenvalue weighted by molar-refractivity contribution is 9.10. The van der Waals surface area contributed by atoms with Gasteiger partial charge in [0, 0.05) is 16.0 Å². The van der Waals surface area contributed by atoms with E-state index in [-0.39, 0.29) is 6.04 Å². The number of anilines is 1. The zero-order chi connectivity index (χ0) is 12.4. The fourth-order valence-electron chi connectivity index (χ4n) is 1.38. The minimum Gasteiger partial charge on any atom is -0.375 e. The molecule has 1 atom stereocenters. The molecule has 0 radical (unpaired) electrons. The van der Waals surface area contributed by atoms with Crippen LogP contribution < -0.4 is 5.32 Å². The Labute approximate surface area is 122 Å². The Balaban J connectivity index is 2.22. The maximum atomic E-state index is 6.16. The van der Waals surface area contributed by atoms with Crippen molar-refractivity contribution in [2.24, 2.45) is 0 Å². The van der Waals surface area contributed by atoms with Crippen LogP contribution in [0.15, 0.2) is 28.2 Å². The summed E-state index contributed by atoms with van der Waals surface area (Å²) in [5, 5.41) is 7.29. The molecule has 0 bridgehead atoms. The third kappa shape index (κ3) is 2.94. The highest BCUT2D eigenvalue weighted by Gasteiger charge is 2.12. The molecule has 0 amide bonds. The van der Waals surface area contributed by atoms with Gasteiger partial charge in [-0.2, -0.15) is 0 Å². The topological polar surface area (TPSA) is 24.9 Å². The second-order valence-electron chi connectivity index (χ2n) is 3.46. The van der Waals surface area contributed by atoms with E-state index < -0.39 is 0 Å². The minimum absolute atomic E-state index is 0.102. The van der Waals surface area contributed by atoms with Gasteiger partial charge < -0.3 is 5.32 Å². The number of hydrogen-bond acceptors (Lipinski definition) is 3. The Bertz CT molecular complexity index is 516. The van der Waals surface area contributed by atoms with E-state index >= 15 is 0 Å². The molecule has 0 aliphatic rings. The Morgan fingerprint density at radius 2 is 2.12 bits per heavy atom. The second-order valence-corrected chi connectivity index (χ2v) is 6.00. The monoisotopic (exact) mass is 350 g/mol. The number of rotatable bonds is 3. The van der Waals surface area contributed by atoms with Crippen molar-refractivity contribution in [2.45, 2.75) is 13.0 Å². The maximum Gasteiger partial charge on any atom is 0.115 e. The predicted octanol–water partition coefficient (Wildman–Crippen LogP) is 5.39. The smallest absolute Gasteiger partial charge is 0.115 e. The van der Waals surface area contributed by atoms with Crippen molar-refractivity contribution >= 4 is 56.2 Å². The molecule has 1 heterocycles. The van der Waals surface area contributed by atoms with E-state index in [9.17, 15) is 0 Å². The summed E-state index contributed by atoms with van der Waals surface area (Å²) in [6.45, 7) is 2.03. The predicted molar refractivity (Wildman–Crippen MR) is 78.3 cm³/mol. The summed E-state index contributed by atoms with van der Waals surface area (Å²) in [6.07, 6.45) is 1.79. The Morgan fingerprint density at radius 3 is 2.76 bits per heavy atom. The van der Waals surface area contributed by atoms with Gasteiger partial charge in [0.15, 0.2) is 0 Å². The van der Waals surface area contributed by atoms with E-state index in [0.717, 1.165) is 15.2 Å². The Hall–Kier alpha value is -0.290. The van der Waals surface area contributed by atoms with Gasteiger partial charge in [-0.3, -0.25) is 0 Å². The standard InChI is InChI=1S/C11H9BrCl2N2S/c1-6(11-15-4-5-17-11)16-8-3-2-7(12)9(13)10(8)14/h2-6,16H,1H3. The van der Waals surface area contributed by atoms with Crippen LogP contribution in [0.5, 0.6) is 0 Å². The van der Waals surface area contributed by atoms with Crippen molar-refractivity contribution in [3.63, 3.8) is 0 Å². The van der Waals surface area contributed by atoms with E-state index in [2.05, 4.69) is 26.2 Å². The fourth-order valence-corrected chi connectivity index (χ4v) is 2.86. The van der Waals surface area contributed by atoms with Gasteiger partial charge in [-0.15, -0.1) is 11.3 Å². The number of hydrogen-bond donors (Lipinski definition) is 1. The summed E-state index contributed by atoms with van der Waals surface area (Å²) in [7, 11) is 0. The summed E-state index contributed by atoms with van der Waals surface area (Å²) in [5.41, 5.74) is 0.808. The molecule has 0 saturated heterocycles. The molecule has 17 heavy (non-hydrogen) atoms. The molecular formula is C11H9BrCl2N2S. The van der Waals surface area contributed by atoms with Gasteiger partial charge in [-0.25, -0.2) is 4.98 Å². The van der Waals surface area contributed by atoms with E-state index in [1.165, 1.54) is 0 Å². The zero-order valence-electron chi connectivity index (χ0n) is 8.88. The van der Waals surface area contributed by atoms with Crippen LogP contribution in [-0.2, 0) is 0 Å². The Kier molecular flexibility index (Phi) is 4.31. The first-order valence-electron chi connectivity index (χ1n) is 4.89. The molecule has 0 aliphatic heterocycles. The summed E-state index contributed by atoms with van der Waals surface area (Å²) in [5.74, 6) is 0. The highest BCUT2D eigenvalue weighted by Crippen LogP contribution is 2.37. The summed E-state index contributed by atoms with van der Waals surface area (Å²) >= 11 is 17.2. The lowest BCUT2D eigenvalue weighted by molar-refractivity contribution is 0.870. The molecule has 0 aliphatic carbocycles. The maximum absolute atomic E-state index is 6.16. The van der Waals surface area contributed by atoms with Gasteiger partial charge in [0.25, 0.3) is 0 Å². The molecule has 0 saturated carbocycles. The lowest BCUT2D eigenvalue weighted by Crippen LogP contribution is -2.06. The summed E-state index contributed by atoms with van der Waals surface area (Å²) < 4.78 is 0.789. The molecular weight excluding hydrogens is 343 g/mol. The van der Waals surface area contributed by atoms with Gasteiger partial charge in [0.05, 0.1) is 21.8 Å². The number of aromatic nitrogens is 1. The lowest BCUT2D eigenvalue weighted by atomic mass is 10.2. The number of halogens is 3. The highest BCUT2D eigenvalue weighted by atomic mass is 79.9. The molecule has 1 N–H and O–H groups in total. The Morgan fingerprint density at radius 1 is 1.35 bits per heavy atom. The fraction of sp³-hybridized carbons (Fsp3) is 0.182. The average Bonchev–Trinajstić information content (AvgIpc) is 2.83. The van der Waals surface area contributed by atoms with Crippen molar-refractivity contribution in [2.75, 3.05) is 5.32 Å². The quantitative estimate of drug-likeness (QED) is 0.750. The third-order valence-corrected chi connectivity index (χ3v) is 4.96. The number of nitrogens with zero attached hydrogens (tertiary/aromatic N) is 1. The summed E-state index contributed by atoms with van der Waals surface area (Å²) in [4.78, 5) is 4.25. The number of benzene rings is 1. The van der Waals surface area contributed by atoms with Crippen LogP contribution in [0.1, 0.15) is 18.0 Å². The molecule has 1 aromatic carbocycles. The molecule has 1 aromatic heterocycles. The zero-order valence-corrected chi connectivity index (χ0v) is 12.8.